The van der Waals surface area contributed by atoms with Crippen LogP contribution in [-0.2, 0) is 4.79 Å². The fourth-order valence-corrected chi connectivity index (χ4v) is 2.66. The van der Waals surface area contributed by atoms with E-state index < -0.39 is 0 Å². The summed E-state index contributed by atoms with van der Waals surface area (Å²) in [5, 5.41) is 3.49. The number of nitrogens with one attached hydrogen (secondary N) is 1. The molecule has 1 N–H and O–H groups in total. The van der Waals surface area contributed by atoms with Crippen LogP contribution in [0.4, 0.5) is 0 Å². The number of carbonyl (C=O) groups excluding carboxylic acids is 1. The first-order valence-corrected chi connectivity index (χ1v) is 6.69. The summed E-state index contributed by atoms with van der Waals surface area (Å²) in [5.41, 5.74) is 0.0215. The van der Waals surface area contributed by atoms with E-state index in [1.165, 1.54) is 0 Å². The van der Waals surface area contributed by atoms with Crippen molar-refractivity contribution in [3.05, 3.63) is 0 Å². The molecule has 2 rings (SSSR count). The summed E-state index contributed by atoms with van der Waals surface area (Å²) in [6.07, 6.45) is 1.16. The number of hydrogen-bond acceptors (Lipinski definition) is 3. The van der Waals surface area contributed by atoms with Crippen molar-refractivity contribution in [2.75, 3.05) is 26.2 Å². The van der Waals surface area contributed by atoms with Crippen LogP contribution < -0.4 is 5.32 Å². The second-order valence-corrected chi connectivity index (χ2v) is 6.28. The quantitative estimate of drug-likeness (QED) is 0.770. The van der Waals surface area contributed by atoms with E-state index in [0.717, 1.165) is 32.6 Å². The number of nitrogens with zero attached hydrogens (tertiary/aromatic N) is 2. The average molecular weight is 239 g/mol. The molecule has 4 nitrogen and oxygen atoms in total. The normalized spacial score (nSPS) is 29.2. The van der Waals surface area contributed by atoms with Crippen molar-refractivity contribution in [3.8, 4) is 0 Å². The van der Waals surface area contributed by atoms with E-state index >= 15 is 0 Å². The molecular formula is C13H25N3O. The van der Waals surface area contributed by atoms with Crippen LogP contribution in [0.15, 0.2) is 0 Å². The van der Waals surface area contributed by atoms with Gasteiger partial charge in [0.2, 0.25) is 5.91 Å². The van der Waals surface area contributed by atoms with E-state index in [2.05, 4.69) is 37.9 Å². The van der Waals surface area contributed by atoms with Crippen LogP contribution in [-0.4, -0.2) is 59.5 Å². The molecule has 2 fully saturated rings. The first-order chi connectivity index (χ1) is 7.89. The van der Waals surface area contributed by atoms with E-state index in [1.807, 2.05) is 4.90 Å². The molecule has 1 amide bonds. The zero-order chi connectivity index (χ0) is 12.6. The molecule has 0 aromatic rings. The van der Waals surface area contributed by atoms with Crippen LogP contribution in [0.2, 0.25) is 0 Å². The SMILES string of the molecule is CC(C)N1C[C@H](C(=O)N2CCC2)NC(C)(C)C1. The zero-order valence-electron chi connectivity index (χ0n) is 11.5. The maximum absolute atomic E-state index is 12.3. The number of rotatable bonds is 2. The Labute approximate surface area is 104 Å². The Hall–Kier alpha value is -0.610. The van der Waals surface area contributed by atoms with E-state index in [9.17, 15) is 4.79 Å². The van der Waals surface area contributed by atoms with Gasteiger partial charge in [-0.05, 0) is 34.1 Å². The van der Waals surface area contributed by atoms with Crippen LogP contribution in [0.5, 0.6) is 0 Å². The lowest BCUT2D eigenvalue weighted by Crippen LogP contribution is -2.67. The highest BCUT2D eigenvalue weighted by molar-refractivity contribution is 5.83. The second-order valence-electron chi connectivity index (χ2n) is 6.28. The van der Waals surface area contributed by atoms with Crippen LogP contribution in [0, 0.1) is 0 Å². The minimum Gasteiger partial charge on any atom is -0.341 e. The van der Waals surface area contributed by atoms with Gasteiger partial charge >= 0.3 is 0 Å². The summed E-state index contributed by atoms with van der Waals surface area (Å²) < 4.78 is 0. The number of piperazine rings is 1. The summed E-state index contributed by atoms with van der Waals surface area (Å²) in [6, 6.07) is 0.476. The smallest absolute Gasteiger partial charge is 0.241 e. The maximum Gasteiger partial charge on any atom is 0.241 e. The molecule has 0 unspecified atom stereocenters. The molecule has 0 radical (unpaired) electrons. The van der Waals surface area contributed by atoms with E-state index in [4.69, 9.17) is 0 Å². The van der Waals surface area contributed by atoms with Crippen LogP contribution in [0.3, 0.4) is 0 Å². The Kier molecular flexibility index (Phi) is 3.46. The molecule has 4 heteroatoms. The van der Waals surface area contributed by atoms with Crippen molar-refractivity contribution in [2.24, 2.45) is 0 Å². The minimum absolute atomic E-state index is 0.0215. The van der Waals surface area contributed by atoms with E-state index in [1.54, 1.807) is 0 Å². The Balaban J connectivity index is 2.03. The van der Waals surface area contributed by atoms with E-state index in [0.29, 0.717) is 6.04 Å². The van der Waals surface area contributed by atoms with Gasteiger partial charge in [0, 0.05) is 37.8 Å². The van der Waals surface area contributed by atoms with Crippen molar-refractivity contribution in [2.45, 2.75) is 51.7 Å². The first kappa shape index (κ1) is 12.8. The summed E-state index contributed by atoms with van der Waals surface area (Å²) in [7, 11) is 0. The first-order valence-electron chi connectivity index (χ1n) is 6.69. The molecule has 0 aromatic heterocycles. The van der Waals surface area contributed by atoms with E-state index in [-0.39, 0.29) is 17.5 Å². The average Bonchev–Trinajstić information content (AvgIpc) is 2.12. The number of carbonyl (C=O) groups is 1. The third-order valence-corrected chi connectivity index (χ3v) is 3.78. The molecule has 2 aliphatic rings. The predicted molar refractivity (Wildman–Crippen MR) is 68.9 cm³/mol. The fourth-order valence-electron chi connectivity index (χ4n) is 2.66. The van der Waals surface area contributed by atoms with Gasteiger partial charge in [-0.2, -0.15) is 0 Å². The van der Waals surface area contributed by atoms with Gasteiger partial charge in [-0.3, -0.25) is 15.0 Å². The fraction of sp³-hybridized carbons (Fsp3) is 0.923. The third kappa shape index (κ3) is 2.80. The van der Waals surface area contributed by atoms with Gasteiger partial charge in [0.15, 0.2) is 0 Å². The largest absolute Gasteiger partial charge is 0.341 e. The van der Waals surface area contributed by atoms with Gasteiger partial charge in [-0.15, -0.1) is 0 Å². The molecule has 0 aromatic carbocycles. The summed E-state index contributed by atoms with van der Waals surface area (Å²) in [4.78, 5) is 16.6. The molecule has 0 bridgehead atoms. The van der Waals surface area contributed by atoms with Crippen LogP contribution >= 0.6 is 0 Å². The van der Waals surface area contributed by atoms with Crippen molar-refractivity contribution in [3.63, 3.8) is 0 Å². The highest BCUT2D eigenvalue weighted by Crippen LogP contribution is 2.19. The lowest BCUT2D eigenvalue weighted by molar-refractivity contribution is -0.139. The zero-order valence-corrected chi connectivity index (χ0v) is 11.5. The summed E-state index contributed by atoms with van der Waals surface area (Å²) >= 11 is 0. The highest BCUT2D eigenvalue weighted by atomic mass is 16.2. The Morgan fingerprint density at radius 1 is 1.35 bits per heavy atom. The molecule has 2 aliphatic heterocycles. The summed E-state index contributed by atoms with van der Waals surface area (Å²) in [6.45, 7) is 12.5. The Bertz CT molecular complexity index is 297. The minimum atomic E-state index is -0.0264. The van der Waals surface area contributed by atoms with Crippen molar-refractivity contribution in [1.29, 1.82) is 0 Å². The van der Waals surface area contributed by atoms with Gasteiger partial charge in [-0.25, -0.2) is 0 Å². The Morgan fingerprint density at radius 2 is 2.00 bits per heavy atom. The molecule has 0 spiro atoms. The van der Waals surface area contributed by atoms with Crippen LogP contribution in [0.25, 0.3) is 0 Å². The number of hydrogen-bond donors (Lipinski definition) is 1. The lowest BCUT2D eigenvalue weighted by Gasteiger charge is -2.46. The van der Waals surface area contributed by atoms with Gasteiger partial charge in [0.05, 0.1) is 0 Å². The molecule has 0 saturated carbocycles. The molecule has 2 heterocycles. The third-order valence-electron chi connectivity index (χ3n) is 3.78. The lowest BCUT2D eigenvalue weighted by atomic mass is 9.96. The second kappa shape index (κ2) is 4.58. The molecule has 17 heavy (non-hydrogen) atoms. The molecule has 98 valence electrons. The maximum atomic E-state index is 12.3. The van der Waals surface area contributed by atoms with Gasteiger partial charge in [0.1, 0.15) is 6.04 Å². The number of likely N-dealkylation sites (tertiary alicyclic amines) is 1. The highest BCUT2D eigenvalue weighted by Gasteiger charge is 2.38. The molecule has 0 aliphatic carbocycles. The van der Waals surface area contributed by atoms with Gasteiger partial charge < -0.3 is 4.90 Å². The molecule has 1 atom stereocenters. The standard InChI is InChI=1S/C13H25N3O/c1-10(2)16-8-11(14-13(3,4)9-16)12(17)15-6-5-7-15/h10-11,14H,5-9H2,1-4H3/t11-/m1/s1. The van der Waals surface area contributed by atoms with Crippen LogP contribution in [0.1, 0.15) is 34.1 Å². The molecule has 2 saturated heterocycles. The number of amides is 1. The summed E-state index contributed by atoms with van der Waals surface area (Å²) in [5.74, 6) is 0.287. The Morgan fingerprint density at radius 3 is 2.47 bits per heavy atom. The van der Waals surface area contributed by atoms with Crippen molar-refractivity contribution in [1.82, 2.24) is 15.1 Å². The molecular weight excluding hydrogens is 214 g/mol. The topological polar surface area (TPSA) is 35.6 Å². The van der Waals surface area contributed by atoms with Crippen molar-refractivity contribution >= 4 is 5.91 Å². The van der Waals surface area contributed by atoms with Gasteiger partial charge in [0.25, 0.3) is 0 Å². The van der Waals surface area contributed by atoms with Gasteiger partial charge in [-0.1, -0.05) is 0 Å². The monoisotopic (exact) mass is 239 g/mol. The predicted octanol–water partition coefficient (Wildman–Crippen LogP) is 0.680. The van der Waals surface area contributed by atoms with Crippen molar-refractivity contribution < 1.29 is 4.79 Å².